The van der Waals surface area contributed by atoms with Gasteiger partial charge in [-0.05, 0) is 82.9 Å². The molecular formula is C26H34O6. The second kappa shape index (κ2) is 10.1. The second-order valence-electron chi connectivity index (χ2n) is 9.99. The number of hydrogen-bond acceptors (Lipinski definition) is 6. The van der Waals surface area contributed by atoms with Crippen LogP contribution in [0.15, 0.2) is 48.5 Å². The fraction of sp³-hybridized carbons (Fsp3) is 0.462. The first-order chi connectivity index (χ1) is 14.7. The first kappa shape index (κ1) is 25.2. The van der Waals surface area contributed by atoms with Crippen LogP contribution in [0.2, 0.25) is 0 Å². The zero-order chi connectivity index (χ0) is 24.1. The van der Waals surface area contributed by atoms with Gasteiger partial charge in [0.05, 0.1) is 0 Å². The van der Waals surface area contributed by atoms with Crippen molar-refractivity contribution in [2.45, 2.75) is 72.5 Å². The van der Waals surface area contributed by atoms with Gasteiger partial charge in [0.2, 0.25) is 0 Å². The number of hydrogen-bond donors (Lipinski definition) is 0. The van der Waals surface area contributed by atoms with Gasteiger partial charge in [-0.25, -0.2) is 9.59 Å². The third-order valence-electron chi connectivity index (χ3n) is 4.33. The van der Waals surface area contributed by atoms with E-state index in [-0.39, 0.29) is 5.92 Å². The summed E-state index contributed by atoms with van der Waals surface area (Å²) in [5, 5.41) is 0. The zero-order valence-corrected chi connectivity index (χ0v) is 20.2. The Morgan fingerprint density at radius 2 is 0.938 bits per heavy atom. The minimum Gasteiger partial charge on any atom is -0.428 e. The Balaban J connectivity index is 2.11. The number of carbonyl (C=O) groups excluding carboxylic acids is 2. The van der Waals surface area contributed by atoms with Crippen LogP contribution < -0.4 is 9.47 Å². The summed E-state index contributed by atoms with van der Waals surface area (Å²) in [7, 11) is 0. The summed E-state index contributed by atoms with van der Waals surface area (Å²) in [6, 6.07) is 14.8. The van der Waals surface area contributed by atoms with Crippen LogP contribution in [-0.2, 0) is 9.47 Å². The van der Waals surface area contributed by atoms with Crippen LogP contribution in [0.4, 0.5) is 9.59 Å². The summed E-state index contributed by atoms with van der Waals surface area (Å²) in [4.78, 5) is 23.7. The van der Waals surface area contributed by atoms with Crippen molar-refractivity contribution in [1.82, 2.24) is 0 Å². The fourth-order valence-corrected chi connectivity index (χ4v) is 3.18. The van der Waals surface area contributed by atoms with Crippen LogP contribution in [0, 0.1) is 5.92 Å². The number of rotatable bonds is 5. The van der Waals surface area contributed by atoms with Crippen LogP contribution in [0.3, 0.4) is 0 Å². The zero-order valence-electron chi connectivity index (χ0n) is 20.2. The Bertz CT molecular complexity index is 826. The molecular weight excluding hydrogens is 408 g/mol. The minimum atomic E-state index is -0.730. The van der Waals surface area contributed by atoms with Gasteiger partial charge in [-0.15, -0.1) is 0 Å². The van der Waals surface area contributed by atoms with Crippen molar-refractivity contribution in [2.24, 2.45) is 5.92 Å². The maximum absolute atomic E-state index is 11.9. The SMILES string of the molecule is CC(C)C(c1ccc(OC(=O)OC(C)(C)C)cc1)c1ccc(OC(=O)OC(C)(C)C)cc1. The van der Waals surface area contributed by atoms with Crippen LogP contribution in [0.5, 0.6) is 11.5 Å². The molecule has 6 heteroatoms. The van der Waals surface area contributed by atoms with Crippen LogP contribution in [-0.4, -0.2) is 23.5 Å². The molecule has 0 aliphatic carbocycles. The molecule has 2 aromatic carbocycles. The van der Waals surface area contributed by atoms with Gasteiger partial charge in [-0.1, -0.05) is 38.1 Å². The van der Waals surface area contributed by atoms with E-state index in [4.69, 9.17) is 18.9 Å². The molecule has 6 nitrogen and oxygen atoms in total. The van der Waals surface area contributed by atoms with E-state index >= 15 is 0 Å². The number of benzene rings is 2. The first-order valence-corrected chi connectivity index (χ1v) is 10.7. The summed E-state index contributed by atoms with van der Waals surface area (Å²) < 4.78 is 20.9. The van der Waals surface area contributed by atoms with E-state index in [9.17, 15) is 9.59 Å². The molecule has 0 N–H and O–H groups in total. The molecule has 0 atom stereocenters. The van der Waals surface area contributed by atoms with E-state index in [2.05, 4.69) is 13.8 Å². The van der Waals surface area contributed by atoms with E-state index in [1.54, 1.807) is 65.8 Å². The lowest BCUT2D eigenvalue weighted by Gasteiger charge is -2.23. The van der Waals surface area contributed by atoms with Gasteiger partial charge >= 0.3 is 12.3 Å². The van der Waals surface area contributed by atoms with Crippen molar-refractivity contribution < 1.29 is 28.5 Å². The molecule has 2 aromatic rings. The Labute approximate surface area is 190 Å². The van der Waals surface area contributed by atoms with E-state index < -0.39 is 23.5 Å². The molecule has 174 valence electrons. The lowest BCUT2D eigenvalue weighted by molar-refractivity contribution is 0.0193. The van der Waals surface area contributed by atoms with Gasteiger partial charge in [0.15, 0.2) is 0 Å². The maximum atomic E-state index is 11.9. The van der Waals surface area contributed by atoms with E-state index in [0.29, 0.717) is 17.4 Å². The van der Waals surface area contributed by atoms with Crippen LogP contribution in [0.25, 0.3) is 0 Å². The Hall–Kier alpha value is -3.02. The van der Waals surface area contributed by atoms with E-state index in [1.807, 2.05) is 24.3 Å². The summed E-state index contributed by atoms with van der Waals surface area (Å²) in [6.45, 7) is 15.0. The molecule has 0 radical (unpaired) electrons. The van der Waals surface area contributed by atoms with E-state index in [1.165, 1.54) is 0 Å². The molecule has 0 aromatic heterocycles. The molecule has 0 fully saturated rings. The van der Waals surface area contributed by atoms with Crippen LogP contribution >= 0.6 is 0 Å². The van der Waals surface area contributed by atoms with Crippen molar-refractivity contribution in [3.05, 3.63) is 59.7 Å². The lowest BCUT2D eigenvalue weighted by Crippen LogP contribution is -2.26. The van der Waals surface area contributed by atoms with Crippen molar-refractivity contribution in [3.8, 4) is 11.5 Å². The quantitative estimate of drug-likeness (QED) is 0.363. The van der Waals surface area contributed by atoms with Crippen molar-refractivity contribution in [2.75, 3.05) is 0 Å². The first-order valence-electron chi connectivity index (χ1n) is 10.7. The minimum absolute atomic E-state index is 0.112. The molecule has 0 heterocycles. The number of carbonyl (C=O) groups is 2. The normalized spacial score (nSPS) is 11.9. The van der Waals surface area contributed by atoms with E-state index in [0.717, 1.165) is 11.1 Å². The predicted octanol–water partition coefficient (Wildman–Crippen LogP) is 7.10. The van der Waals surface area contributed by atoms with Crippen molar-refractivity contribution in [3.63, 3.8) is 0 Å². The Kier molecular flexibility index (Phi) is 7.94. The molecule has 0 saturated carbocycles. The third-order valence-corrected chi connectivity index (χ3v) is 4.33. The third kappa shape index (κ3) is 8.25. The van der Waals surface area contributed by atoms with Gasteiger partial charge in [0.1, 0.15) is 22.7 Å². The summed E-state index contributed by atoms with van der Waals surface area (Å²) >= 11 is 0. The average Bonchev–Trinajstić information content (AvgIpc) is 2.61. The van der Waals surface area contributed by atoms with Crippen molar-refractivity contribution in [1.29, 1.82) is 0 Å². The highest BCUT2D eigenvalue weighted by molar-refractivity contribution is 5.65. The molecule has 0 aliphatic heterocycles. The summed E-state index contributed by atoms with van der Waals surface area (Å²) in [6.07, 6.45) is -1.46. The standard InChI is InChI=1S/C26H34O6/c1-17(2)22(18-9-13-20(14-10-18)29-23(27)31-25(3,4)5)19-11-15-21(16-12-19)30-24(28)32-26(6,7)8/h9-17,22H,1-8H3. The number of ether oxygens (including phenoxy) is 4. The molecule has 0 saturated heterocycles. The Morgan fingerprint density at radius 1 is 0.625 bits per heavy atom. The molecule has 0 aliphatic rings. The smallest absolute Gasteiger partial charge is 0.428 e. The summed E-state index contributed by atoms with van der Waals surface area (Å²) in [5.74, 6) is 1.27. The maximum Gasteiger partial charge on any atom is 0.514 e. The highest BCUT2D eigenvalue weighted by Gasteiger charge is 2.21. The molecule has 0 unspecified atom stereocenters. The monoisotopic (exact) mass is 442 g/mol. The fourth-order valence-electron chi connectivity index (χ4n) is 3.18. The topological polar surface area (TPSA) is 71.1 Å². The molecule has 32 heavy (non-hydrogen) atoms. The van der Waals surface area contributed by atoms with Gasteiger partial charge in [0.25, 0.3) is 0 Å². The largest absolute Gasteiger partial charge is 0.514 e. The van der Waals surface area contributed by atoms with Crippen LogP contribution in [0.1, 0.15) is 72.4 Å². The Morgan fingerprint density at radius 3 is 1.19 bits per heavy atom. The van der Waals surface area contributed by atoms with Crippen molar-refractivity contribution >= 4 is 12.3 Å². The molecule has 2 rings (SSSR count). The van der Waals surface area contributed by atoms with Gasteiger partial charge in [-0.3, -0.25) is 0 Å². The summed E-state index contributed by atoms with van der Waals surface area (Å²) in [5.41, 5.74) is 0.938. The lowest BCUT2D eigenvalue weighted by atomic mass is 9.82. The van der Waals surface area contributed by atoms with Gasteiger partial charge in [-0.2, -0.15) is 0 Å². The highest BCUT2D eigenvalue weighted by Crippen LogP contribution is 2.34. The predicted molar refractivity (Wildman–Crippen MR) is 123 cm³/mol. The molecule has 0 amide bonds. The molecule has 0 bridgehead atoms. The second-order valence-corrected chi connectivity index (χ2v) is 9.99. The van der Waals surface area contributed by atoms with Gasteiger partial charge in [0, 0.05) is 5.92 Å². The molecule has 0 spiro atoms. The van der Waals surface area contributed by atoms with Gasteiger partial charge < -0.3 is 18.9 Å². The highest BCUT2D eigenvalue weighted by atomic mass is 16.7. The average molecular weight is 443 g/mol.